The Labute approximate surface area is 127 Å². The van der Waals surface area contributed by atoms with Gasteiger partial charge in [-0.25, -0.2) is 0 Å². The number of aliphatic hydroxyl groups excluding tert-OH is 1. The zero-order valence-electron chi connectivity index (χ0n) is 12.3. The Morgan fingerprint density at radius 2 is 1.85 bits per heavy atom. The van der Waals surface area contributed by atoms with Gasteiger partial charge in [0.05, 0.1) is 6.10 Å². The van der Waals surface area contributed by atoms with Crippen molar-refractivity contribution < 1.29 is 5.11 Å². The molecule has 20 heavy (non-hydrogen) atoms. The third kappa shape index (κ3) is 4.47. The summed E-state index contributed by atoms with van der Waals surface area (Å²) in [4.78, 5) is 0. The van der Waals surface area contributed by atoms with Gasteiger partial charge in [-0.3, -0.25) is 0 Å². The molecule has 0 bridgehead atoms. The lowest BCUT2D eigenvalue weighted by Gasteiger charge is -2.28. The van der Waals surface area contributed by atoms with Crippen LogP contribution in [0.4, 0.5) is 0 Å². The van der Waals surface area contributed by atoms with Crippen LogP contribution in [0.25, 0.3) is 0 Å². The number of hydrogen-bond acceptors (Lipinski definition) is 2. The van der Waals surface area contributed by atoms with Gasteiger partial charge < -0.3 is 10.4 Å². The normalized spacial score (nSPS) is 24.6. The van der Waals surface area contributed by atoms with Crippen molar-refractivity contribution in [2.45, 2.75) is 45.1 Å². The Hall–Kier alpha value is -0.570. The first-order valence-electron chi connectivity index (χ1n) is 7.84. The Balaban J connectivity index is 1.70. The van der Waals surface area contributed by atoms with Crippen LogP contribution in [0.1, 0.15) is 50.7 Å². The van der Waals surface area contributed by atoms with Crippen LogP contribution in [0.15, 0.2) is 24.3 Å². The van der Waals surface area contributed by atoms with Crippen LogP contribution >= 0.6 is 11.6 Å². The van der Waals surface area contributed by atoms with Crippen LogP contribution in [0.3, 0.4) is 0 Å². The minimum absolute atomic E-state index is 0.518. The van der Waals surface area contributed by atoms with E-state index in [-0.39, 0.29) is 0 Å². The molecule has 0 aromatic heterocycles. The highest BCUT2D eigenvalue weighted by Crippen LogP contribution is 2.30. The summed E-state index contributed by atoms with van der Waals surface area (Å²) >= 11 is 6.09. The van der Waals surface area contributed by atoms with E-state index in [4.69, 9.17) is 11.6 Å². The number of benzene rings is 1. The van der Waals surface area contributed by atoms with Crippen LogP contribution in [-0.4, -0.2) is 18.2 Å². The molecule has 0 spiro atoms. The average Bonchev–Trinajstić information content (AvgIpc) is 2.48. The number of nitrogens with one attached hydrogen (secondary N) is 1. The monoisotopic (exact) mass is 295 g/mol. The van der Waals surface area contributed by atoms with Gasteiger partial charge in [0.1, 0.15) is 0 Å². The van der Waals surface area contributed by atoms with Crippen molar-refractivity contribution in [2.24, 2.45) is 11.8 Å². The van der Waals surface area contributed by atoms with Gasteiger partial charge in [0.25, 0.3) is 0 Å². The molecule has 2 N–H and O–H groups in total. The number of rotatable bonds is 6. The molecule has 112 valence electrons. The lowest BCUT2D eigenvalue weighted by molar-refractivity contribution is 0.169. The molecule has 2 nitrogen and oxygen atoms in total. The van der Waals surface area contributed by atoms with Crippen LogP contribution in [0.2, 0.25) is 5.02 Å². The van der Waals surface area contributed by atoms with E-state index in [2.05, 4.69) is 12.2 Å². The molecule has 1 fully saturated rings. The predicted octanol–water partition coefficient (Wildman–Crippen LogP) is 4.18. The molecule has 3 heteroatoms. The standard InChI is InChI=1S/C17H26ClNO/c1-2-13-7-9-14(10-8-13)11-19-12-17(20)15-5-3-4-6-16(15)18/h3-6,13-14,17,19-20H,2,7-12H2,1H3. The van der Waals surface area contributed by atoms with E-state index >= 15 is 0 Å². The van der Waals surface area contributed by atoms with Crippen molar-refractivity contribution in [2.75, 3.05) is 13.1 Å². The fourth-order valence-electron chi connectivity index (χ4n) is 3.12. The maximum Gasteiger partial charge on any atom is 0.0928 e. The second kappa shape index (κ2) is 8.02. The summed E-state index contributed by atoms with van der Waals surface area (Å²) in [6.45, 7) is 3.89. The maximum atomic E-state index is 10.2. The maximum absolute atomic E-state index is 10.2. The minimum atomic E-state index is -0.518. The van der Waals surface area contributed by atoms with Crippen LogP contribution in [-0.2, 0) is 0 Å². The van der Waals surface area contributed by atoms with E-state index in [9.17, 15) is 5.11 Å². The zero-order chi connectivity index (χ0) is 14.4. The number of aliphatic hydroxyl groups is 1. The second-order valence-electron chi connectivity index (χ2n) is 5.99. The van der Waals surface area contributed by atoms with Crippen molar-refractivity contribution in [3.63, 3.8) is 0 Å². The largest absolute Gasteiger partial charge is 0.387 e. The summed E-state index contributed by atoms with van der Waals surface area (Å²) in [7, 11) is 0. The molecular weight excluding hydrogens is 270 g/mol. The topological polar surface area (TPSA) is 32.3 Å². The fraction of sp³-hybridized carbons (Fsp3) is 0.647. The number of halogens is 1. The van der Waals surface area contributed by atoms with E-state index in [1.807, 2.05) is 24.3 Å². The van der Waals surface area contributed by atoms with E-state index in [1.54, 1.807) is 0 Å². The molecular formula is C17H26ClNO. The van der Waals surface area contributed by atoms with Gasteiger partial charge in [0.15, 0.2) is 0 Å². The highest BCUT2D eigenvalue weighted by atomic mass is 35.5. The van der Waals surface area contributed by atoms with Crippen LogP contribution in [0.5, 0.6) is 0 Å². The highest BCUT2D eigenvalue weighted by molar-refractivity contribution is 6.31. The van der Waals surface area contributed by atoms with Crippen molar-refractivity contribution in [1.82, 2.24) is 5.32 Å². The molecule has 2 rings (SSSR count). The van der Waals surface area contributed by atoms with Gasteiger partial charge in [0, 0.05) is 17.1 Å². The van der Waals surface area contributed by atoms with Gasteiger partial charge in [-0.2, -0.15) is 0 Å². The Kier molecular flexibility index (Phi) is 6.34. The Morgan fingerprint density at radius 3 is 2.50 bits per heavy atom. The lowest BCUT2D eigenvalue weighted by Crippen LogP contribution is -2.29. The third-order valence-corrected chi connectivity index (χ3v) is 4.92. The molecule has 1 aromatic rings. The van der Waals surface area contributed by atoms with Gasteiger partial charge in [-0.1, -0.05) is 56.0 Å². The summed E-state index contributed by atoms with van der Waals surface area (Å²) in [5.41, 5.74) is 0.816. The van der Waals surface area contributed by atoms with Crippen molar-refractivity contribution in [3.8, 4) is 0 Å². The van der Waals surface area contributed by atoms with Gasteiger partial charge in [-0.15, -0.1) is 0 Å². The molecule has 0 saturated heterocycles. The fourth-order valence-corrected chi connectivity index (χ4v) is 3.39. The molecule has 1 aliphatic rings. The molecule has 0 aliphatic heterocycles. The van der Waals surface area contributed by atoms with Gasteiger partial charge in [-0.05, 0) is 37.3 Å². The summed E-state index contributed by atoms with van der Waals surface area (Å²) < 4.78 is 0. The van der Waals surface area contributed by atoms with E-state index in [0.717, 1.165) is 23.9 Å². The quantitative estimate of drug-likeness (QED) is 0.825. The molecule has 0 amide bonds. The summed E-state index contributed by atoms with van der Waals surface area (Å²) in [5.74, 6) is 1.72. The third-order valence-electron chi connectivity index (χ3n) is 4.58. The molecule has 1 aromatic carbocycles. The first-order chi connectivity index (χ1) is 9.70. The average molecular weight is 296 g/mol. The Bertz CT molecular complexity index is 402. The summed E-state index contributed by atoms with van der Waals surface area (Å²) in [6.07, 6.45) is 6.20. The number of hydrogen-bond donors (Lipinski definition) is 2. The predicted molar refractivity (Wildman–Crippen MR) is 85.0 cm³/mol. The van der Waals surface area contributed by atoms with Gasteiger partial charge in [0.2, 0.25) is 0 Å². The first-order valence-corrected chi connectivity index (χ1v) is 8.21. The van der Waals surface area contributed by atoms with Crippen LogP contribution < -0.4 is 5.32 Å². The zero-order valence-corrected chi connectivity index (χ0v) is 13.1. The second-order valence-corrected chi connectivity index (χ2v) is 6.40. The summed E-state index contributed by atoms with van der Waals surface area (Å²) in [6, 6.07) is 7.52. The van der Waals surface area contributed by atoms with Crippen molar-refractivity contribution >= 4 is 11.6 Å². The molecule has 1 saturated carbocycles. The summed E-state index contributed by atoms with van der Waals surface area (Å²) in [5, 5.41) is 14.2. The molecule has 0 heterocycles. The lowest BCUT2D eigenvalue weighted by atomic mass is 9.81. The van der Waals surface area contributed by atoms with Gasteiger partial charge >= 0.3 is 0 Å². The van der Waals surface area contributed by atoms with Crippen LogP contribution in [0, 0.1) is 11.8 Å². The molecule has 1 atom stereocenters. The Morgan fingerprint density at radius 1 is 1.20 bits per heavy atom. The van der Waals surface area contributed by atoms with Crippen molar-refractivity contribution in [3.05, 3.63) is 34.9 Å². The first kappa shape index (κ1) is 15.8. The smallest absolute Gasteiger partial charge is 0.0928 e. The SMILES string of the molecule is CCC1CCC(CNCC(O)c2ccccc2Cl)CC1. The molecule has 1 aliphatic carbocycles. The minimum Gasteiger partial charge on any atom is -0.387 e. The van der Waals surface area contributed by atoms with E-state index in [0.29, 0.717) is 11.6 Å². The van der Waals surface area contributed by atoms with Crippen molar-refractivity contribution in [1.29, 1.82) is 0 Å². The highest BCUT2D eigenvalue weighted by Gasteiger charge is 2.20. The molecule has 0 radical (unpaired) electrons. The van der Waals surface area contributed by atoms with E-state index < -0.39 is 6.10 Å². The van der Waals surface area contributed by atoms with E-state index in [1.165, 1.54) is 32.1 Å². The molecule has 1 unspecified atom stereocenters.